The van der Waals surface area contributed by atoms with E-state index in [1.165, 1.54) is 19.2 Å². The number of hydrazine groups is 1. The smallest absolute Gasteiger partial charge is 0.282 e. The van der Waals surface area contributed by atoms with E-state index in [2.05, 4.69) is 15.5 Å². The predicted molar refractivity (Wildman–Crippen MR) is 76.1 cm³/mol. The van der Waals surface area contributed by atoms with E-state index in [4.69, 9.17) is 5.84 Å². The molecule has 0 bridgehead atoms. The van der Waals surface area contributed by atoms with E-state index in [0.29, 0.717) is 5.69 Å². The number of nitrogen functional groups attached to an aromatic ring is 1. The molecule has 116 valence electrons. The first-order chi connectivity index (χ1) is 9.80. The molecular weight excluding hydrogens is 302 g/mol. The van der Waals surface area contributed by atoms with Crippen molar-refractivity contribution in [1.82, 2.24) is 10.0 Å². The molecule has 1 aromatic rings. The minimum atomic E-state index is -3.47. The van der Waals surface area contributed by atoms with Gasteiger partial charge in [0.2, 0.25) is 10.0 Å². The lowest BCUT2D eigenvalue weighted by molar-refractivity contribution is -0.385. The molecule has 0 aliphatic rings. The SMILES string of the molecule is CNS(=O)(=O)CCNC(=O)c1cc(NN)ccc1[N+](=O)[O-]. The largest absolute Gasteiger partial charge is 0.351 e. The van der Waals surface area contributed by atoms with Gasteiger partial charge in [-0.15, -0.1) is 0 Å². The zero-order chi connectivity index (χ0) is 16.0. The van der Waals surface area contributed by atoms with E-state index in [0.717, 1.165) is 6.07 Å². The molecule has 0 fully saturated rings. The first-order valence-electron chi connectivity index (χ1n) is 5.75. The molecule has 1 rings (SSSR count). The van der Waals surface area contributed by atoms with Gasteiger partial charge in [-0.3, -0.25) is 20.8 Å². The summed E-state index contributed by atoms with van der Waals surface area (Å²) in [5.41, 5.74) is 1.97. The van der Waals surface area contributed by atoms with Crippen LogP contribution in [0.5, 0.6) is 0 Å². The Morgan fingerprint density at radius 1 is 1.43 bits per heavy atom. The minimum absolute atomic E-state index is 0.181. The van der Waals surface area contributed by atoms with Gasteiger partial charge in [0.1, 0.15) is 5.56 Å². The van der Waals surface area contributed by atoms with Crippen LogP contribution in [0, 0.1) is 10.1 Å². The van der Waals surface area contributed by atoms with Crippen LogP contribution >= 0.6 is 0 Å². The molecule has 10 nitrogen and oxygen atoms in total. The Kier molecular flexibility index (Phi) is 5.58. The third-order valence-electron chi connectivity index (χ3n) is 2.57. The molecule has 0 radical (unpaired) electrons. The summed E-state index contributed by atoms with van der Waals surface area (Å²) >= 11 is 0. The summed E-state index contributed by atoms with van der Waals surface area (Å²) in [7, 11) is -2.22. The zero-order valence-electron chi connectivity index (χ0n) is 11.1. The van der Waals surface area contributed by atoms with E-state index in [1.54, 1.807) is 0 Å². The molecule has 1 aromatic carbocycles. The highest BCUT2D eigenvalue weighted by atomic mass is 32.2. The van der Waals surface area contributed by atoms with Gasteiger partial charge >= 0.3 is 0 Å². The molecule has 0 aromatic heterocycles. The average molecular weight is 317 g/mol. The molecule has 11 heteroatoms. The van der Waals surface area contributed by atoms with Crippen LogP contribution in [0.3, 0.4) is 0 Å². The van der Waals surface area contributed by atoms with Gasteiger partial charge in [-0.2, -0.15) is 0 Å². The number of carbonyl (C=O) groups is 1. The van der Waals surface area contributed by atoms with E-state index in [9.17, 15) is 23.3 Å². The van der Waals surface area contributed by atoms with Crippen molar-refractivity contribution in [3.8, 4) is 0 Å². The third-order valence-corrected chi connectivity index (χ3v) is 3.94. The summed E-state index contributed by atoms with van der Waals surface area (Å²) in [5.74, 6) is 4.09. The van der Waals surface area contributed by atoms with Gasteiger partial charge in [0, 0.05) is 18.3 Å². The van der Waals surface area contributed by atoms with Crippen LogP contribution in [-0.4, -0.2) is 38.6 Å². The Bertz CT molecular complexity index is 645. The molecule has 21 heavy (non-hydrogen) atoms. The van der Waals surface area contributed by atoms with Crippen LogP contribution in [0.4, 0.5) is 11.4 Å². The summed E-state index contributed by atoms with van der Waals surface area (Å²) in [5, 5.41) is 13.2. The van der Waals surface area contributed by atoms with Crippen molar-refractivity contribution in [3.63, 3.8) is 0 Å². The number of sulfonamides is 1. The fraction of sp³-hybridized carbons (Fsp3) is 0.300. The summed E-state index contributed by atoms with van der Waals surface area (Å²) in [6.07, 6.45) is 0. The molecule has 1 amide bonds. The maximum absolute atomic E-state index is 11.9. The number of nitro benzene ring substituents is 1. The first kappa shape index (κ1) is 16.8. The zero-order valence-corrected chi connectivity index (χ0v) is 11.9. The van der Waals surface area contributed by atoms with E-state index < -0.39 is 26.5 Å². The van der Waals surface area contributed by atoms with E-state index >= 15 is 0 Å². The second-order valence-corrected chi connectivity index (χ2v) is 5.96. The number of hydrogen-bond donors (Lipinski definition) is 4. The van der Waals surface area contributed by atoms with Crippen molar-refractivity contribution in [1.29, 1.82) is 0 Å². The van der Waals surface area contributed by atoms with Gasteiger partial charge < -0.3 is 10.7 Å². The number of nitrogens with zero attached hydrogens (tertiary/aromatic N) is 1. The molecule has 0 saturated heterocycles. The summed E-state index contributed by atoms with van der Waals surface area (Å²) in [6, 6.07) is 3.69. The fourth-order valence-corrected chi connectivity index (χ4v) is 2.04. The molecule has 0 unspecified atom stereocenters. The number of carbonyl (C=O) groups excluding carboxylic acids is 1. The van der Waals surface area contributed by atoms with Crippen molar-refractivity contribution in [2.75, 3.05) is 24.8 Å². The standard InChI is InChI=1S/C10H15N5O5S/c1-12-21(19,20)5-4-13-10(16)8-6-7(14-11)2-3-9(8)15(17)18/h2-3,6,12,14H,4-5,11H2,1H3,(H,13,16). The first-order valence-corrected chi connectivity index (χ1v) is 7.40. The van der Waals surface area contributed by atoms with Crippen molar-refractivity contribution in [3.05, 3.63) is 33.9 Å². The normalized spacial score (nSPS) is 11.0. The van der Waals surface area contributed by atoms with E-state index in [-0.39, 0.29) is 17.9 Å². The predicted octanol–water partition coefficient (Wildman–Crippen LogP) is -0.841. The van der Waals surface area contributed by atoms with Crippen LogP contribution in [0.2, 0.25) is 0 Å². The maximum atomic E-state index is 11.9. The van der Waals surface area contributed by atoms with Crippen LogP contribution < -0.4 is 21.3 Å². The summed E-state index contributed by atoms with van der Waals surface area (Å²) < 4.78 is 24.5. The fourth-order valence-electron chi connectivity index (χ4n) is 1.46. The molecule has 5 N–H and O–H groups in total. The Hall–Kier alpha value is -2.24. The molecule has 0 heterocycles. The highest BCUT2D eigenvalue weighted by molar-refractivity contribution is 7.89. The molecule has 0 aliphatic heterocycles. The van der Waals surface area contributed by atoms with Crippen LogP contribution in [0.15, 0.2) is 18.2 Å². The molecule has 0 atom stereocenters. The minimum Gasteiger partial charge on any atom is -0.351 e. The van der Waals surface area contributed by atoms with Crippen molar-refractivity contribution in [2.24, 2.45) is 5.84 Å². The number of benzene rings is 1. The number of nitrogens with two attached hydrogens (primary N) is 1. The highest BCUT2D eigenvalue weighted by Gasteiger charge is 2.20. The lowest BCUT2D eigenvalue weighted by Crippen LogP contribution is -2.33. The summed E-state index contributed by atoms with van der Waals surface area (Å²) in [4.78, 5) is 22.1. The van der Waals surface area contributed by atoms with Gasteiger partial charge in [0.15, 0.2) is 0 Å². The van der Waals surface area contributed by atoms with Gasteiger partial charge in [0.25, 0.3) is 11.6 Å². The third kappa shape index (κ3) is 4.66. The van der Waals surface area contributed by atoms with Crippen molar-refractivity contribution in [2.45, 2.75) is 0 Å². The Labute approximate surface area is 120 Å². The second-order valence-electron chi connectivity index (χ2n) is 3.91. The Balaban J connectivity index is 2.88. The molecular formula is C10H15N5O5S. The quantitative estimate of drug-likeness (QED) is 0.290. The second kappa shape index (κ2) is 6.97. The monoisotopic (exact) mass is 317 g/mol. The van der Waals surface area contributed by atoms with Crippen molar-refractivity contribution >= 4 is 27.3 Å². The van der Waals surface area contributed by atoms with Gasteiger partial charge in [-0.25, -0.2) is 13.1 Å². The molecule has 0 saturated carbocycles. The number of nitro groups is 1. The van der Waals surface area contributed by atoms with E-state index in [1.807, 2.05) is 0 Å². The topological polar surface area (TPSA) is 156 Å². The van der Waals surface area contributed by atoms with Gasteiger partial charge in [0.05, 0.1) is 10.7 Å². The maximum Gasteiger partial charge on any atom is 0.282 e. The van der Waals surface area contributed by atoms with Crippen molar-refractivity contribution < 1.29 is 18.1 Å². The number of nitrogens with one attached hydrogen (secondary N) is 3. The molecule has 0 aliphatic carbocycles. The lowest BCUT2D eigenvalue weighted by Gasteiger charge is -2.08. The number of rotatable bonds is 7. The number of amides is 1. The van der Waals surface area contributed by atoms with Crippen LogP contribution in [0.25, 0.3) is 0 Å². The summed E-state index contributed by atoms with van der Waals surface area (Å²) in [6.45, 7) is -0.181. The van der Waals surface area contributed by atoms with Gasteiger partial charge in [-0.05, 0) is 19.2 Å². The average Bonchev–Trinajstić information content (AvgIpc) is 2.46. The van der Waals surface area contributed by atoms with Gasteiger partial charge in [-0.1, -0.05) is 0 Å². The molecule has 0 spiro atoms. The van der Waals surface area contributed by atoms with Crippen LogP contribution in [-0.2, 0) is 10.0 Å². The number of hydrogen-bond acceptors (Lipinski definition) is 7. The highest BCUT2D eigenvalue weighted by Crippen LogP contribution is 2.22. The Morgan fingerprint density at radius 2 is 2.10 bits per heavy atom. The lowest BCUT2D eigenvalue weighted by atomic mass is 10.1. The van der Waals surface area contributed by atoms with Crippen LogP contribution in [0.1, 0.15) is 10.4 Å². The Morgan fingerprint density at radius 3 is 2.62 bits per heavy atom. The number of anilines is 1.